The normalized spacial score (nSPS) is 24.6. The number of carbonyl (C=O) groups excluding carboxylic acids is 1. The Morgan fingerprint density at radius 3 is 2.90 bits per heavy atom. The topological polar surface area (TPSA) is 80.0 Å². The number of piperidine rings is 1. The van der Waals surface area contributed by atoms with Crippen molar-refractivity contribution in [3.05, 3.63) is 39.7 Å². The number of carbonyl (C=O) groups is 1. The van der Waals surface area contributed by atoms with Gasteiger partial charge in [0.25, 0.3) is 5.91 Å². The summed E-state index contributed by atoms with van der Waals surface area (Å²) in [4.78, 5) is 27.1. The van der Waals surface area contributed by atoms with Crippen molar-refractivity contribution in [2.24, 2.45) is 5.92 Å². The predicted octanol–water partition coefficient (Wildman–Crippen LogP) is 3.97. The lowest BCUT2D eigenvalue weighted by Crippen LogP contribution is -2.56. The summed E-state index contributed by atoms with van der Waals surface area (Å²) < 4.78 is 11.6. The van der Waals surface area contributed by atoms with Crippen molar-refractivity contribution >= 4 is 16.9 Å². The number of nitrogens with zero attached hydrogens (tertiary/aromatic N) is 1. The fraction of sp³-hybridized carbons (Fsp3) is 0.600. The van der Waals surface area contributed by atoms with Gasteiger partial charge in [0.15, 0.2) is 6.10 Å². The quantitative estimate of drug-likeness (QED) is 0.730. The largest absolute Gasteiger partial charge is 0.480 e. The van der Waals surface area contributed by atoms with Crippen LogP contribution in [0.2, 0.25) is 0 Å². The summed E-state index contributed by atoms with van der Waals surface area (Å²) in [6.07, 6.45) is 5.58. The number of ether oxygens (including phenoxy) is 1. The van der Waals surface area contributed by atoms with Crippen LogP contribution in [-0.4, -0.2) is 40.7 Å². The van der Waals surface area contributed by atoms with Gasteiger partial charge < -0.3 is 19.2 Å². The molecule has 1 saturated heterocycles. The number of fused-ring (bicyclic) bond motifs is 2. The first-order valence-electron chi connectivity index (χ1n) is 11.6. The molecule has 4 rings (SSSR count). The van der Waals surface area contributed by atoms with Crippen molar-refractivity contribution < 1.29 is 19.1 Å². The first-order valence-corrected chi connectivity index (χ1v) is 11.6. The van der Waals surface area contributed by atoms with Crippen LogP contribution in [0, 0.1) is 12.8 Å². The van der Waals surface area contributed by atoms with Gasteiger partial charge in [0, 0.05) is 25.1 Å². The molecule has 168 valence electrons. The molecule has 0 spiro atoms. The number of benzene rings is 1. The van der Waals surface area contributed by atoms with Crippen molar-refractivity contribution in [3.8, 4) is 5.75 Å². The highest BCUT2D eigenvalue weighted by molar-refractivity contribution is 5.88. The molecule has 1 unspecified atom stereocenters. The zero-order valence-electron chi connectivity index (χ0n) is 18.8. The molecule has 1 N–H and O–H groups in total. The second-order valence-corrected chi connectivity index (χ2v) is 9.32. The maximum atomic E-state index is 13.2. The summed E-state index contributed by atoms with van der Waals surface area (Å²) in [5.41, 5.74) is 1.30. The van der Waals surface area contributed by atoms with Crippen molar-refractivity contribution in [1.29, 1.82) is 0 Å². The van der Waals surface area contributed by atoms with Gasteiger partial charge in [-0.05, 0) is 62.8 Å². The number of hydrogen-bond acceptors (Lipinski definition) is 5. The number of aliphatic hydroxyl groups is 1. The molecular formula is C25H33NO5. The van der Waals surface area contributed by atoms with Crippen molar-refractivity contribution in [2.75, 3.05) is 13.1 Å². The third-order valence-electron chi connectivity index (χ3n) is 6.94. The third kappa shape index (κ3) is 4.36. The zero-order chi connectivity index (χ0) is 22.2. The van der Waals surface area contributed by atoms with Gasteiger partial charge in [-0.25, -0.2) is 4.79 Å². The lowest BCUT2D eigenvalue weighted by atomic mass is 9.71. The average molecular weight is 428 g/mol. The van der Waals surface area contributed by atoms with Crippen LogP contribution in [0.1, 0.15) is 63.5 Å². The molecule has 31 heavy (non-hydrogen) atoms. The standard InChI is InChI=1S/C25H33NO5/c1-4-7-18-14-22(27)31-21-13-16(2)12-20(23(18)21)30-17(3)24(28)26-11-10-25(29)9-6-5-8-19(25)15-26/h12-14,17,19,29H,4-11,15H2,1-3H3/t17?,19-,25-/m0/s1. The van der Waals surface area contributed by atoms with E-state index in [2.05, 4.69) is 6.92 Å². The fourth-order valence-electron chi connectivity index (χ4n) is 5.30. The first kappa shape index (κ1) is 21.9. The summed E-state index contributed by atoms with van der Waals surface area (Å²) in [5, 5.41) is 11.7. The van der Waals surface area contributed by atoms with Crippen LogP contribution in [-0.2, 0) is 11.2 Å². The Labute approximate surface area is 183 Å². The highest BCUT2D eigenvalue weighted by Crippen LogP contribution is 2.40. The lowest BCUT2D eigenvalue weighted by molar-refractivity contribution is -0.149. The van der Waals surface area contributed by atoms with Gasteiger partial charge in [0.05, 0.1) is 11.0 Å². The summed E-state index contributed by atoms with van der Waals surface area (Å²) in [6.45, 7) is 6.90. The number of hydrogen-bond donors (Lipinski definition) is 1. The Morgan fingerprint density at radius 1 is 1.32 bits per heavy atom. The number of likely N-dealkylation sites (tertiary alicyclic amines) is 1. The van der Waals surface area contributed by atoms with Crippen molar-refractivity contribution in [2.45, 2.75) is 77.4 Å². The molecule has 1 aromatic heterocycles. The van der Waals surface area contributed by atoms with Gasteiger partial charge >= 0.3 is 5.63 Å². The second-order valence-electron chi connectivity index (χ2n) is 9.32. The average Bonchev–Trinajstić information content (AvgIpc) is 2.72. The molecule has 1 aromatic carbocycles. The fourth-order valence-corrected chi connectivity index (χ4v) is 5.30. The molecule has 1 aliphatic heterocycles. The van der Waals surface area contributed by atoms with Gasteiger partial charge in [0.1, 0.15) is 11.3 Å². The van der Waals surface area contributed by atoms with E-state index >= 15 is 0 Å². The molecule has 3 atom stereocenters. The highest BCUT2D eigenvalue weighted by Gasteiger charge is 2.44. The van der Waals surface area contributed by atoms with E-state index < -0.39 is 11.7 Å². The second kappa shape index (κ2) is 8.65. The van der Waals surface area contributed by atoms with E-state index in [1.54, 1.807) is 6.92 Å². The third-order valence-corrected chi connectivity index (χ3v) is 6.94. The summed E-state index contributed by atoms with van der Waals surface area (Å²) >= 11 is 0. The molecule has 0 radical (unpaired) electrons. The van der Waals surface area contributed by atoms with Gasteiger partial charge in [0.2, 0.25) is 0 Å². The first-order chi connectivity index (χ1) is 14.8. The minimum atomic E-state index is -0.666. The Balaban J connectivity index is 1.57. The van der Waals surface area contributed by atoms with Gasteiger partial charge in [-0.1, -0.05) is 26.2 Å². The monoisotopic (exact) mass is 427 g/mol. The van der Waals surface area contributed by atoms with E-state index in [0.29, 0.717) is 30.8 Å². The van der Waals surface area contributed by atoms with Crippen LogP contribution in [0.4, 0.5) is 0 Å². The summed E-state index contributed by atoms with van der Waals surface area (Å²) in [7, 11) is 0. The van der Waals surface area contributed by atoms with E-state index in [1.165, 1.54) is 6.07 Å². The Bertz CT molecular complexity index is 1030. The molecular weight excluding hydrogens is 394 g/mol. The van der Waals surface area contributed by atoms with Crippen LogP contribution in [0.15, 0.2) is 27.4 Å². The van der Waals surface area contributed by atoms with E-state index in [1.807, 2.05) is 24.0 Å². The number of aryl methyl sites for hydroxylation is 2. The molecule has 2 aliphatic rings. The maximum absolute atomic E-state index is 13.2. The van der Waals surface area contributed by atoms with Gasteiger partial charge in [-0.2, -0.15) is 0 Å². The molecule has 2 aromatic rings. The van der Waals surface area contributed by atoms with E-state index in [9.17, 15) is 14.7 Å². The molecule has 2 fully saturated rings. The molecule has 6 nitrogen and oxygen atoms in total. The van der Waals surface area contributed by atoms with Crippen LogP contribution in [0.3, 0.4) is 0 Å². The van der Waals surface area contributed by atoms with Crippen LogP contribution < -0.4 is 10.4 Å². The maximum Gasteiger partial charge on any atom is 0.336 e. The van der Waals surface area contributed by atoms with E-state index in [0.717, 1.165) is 55.0 Å². The van der Waals surface area contributed by atoms with E-state index in [-0.39, 0.29) is 17.5 Å². The minimum Gasteiger partial charge on any atom is -0.480 e. The summed E-state index contributed by atoms with van der Waals surface area (Å²) in [6, 6.07) is 5.26. The Hall–Kier alpha value is -2.34. The molecule has 1 aliphatic carbocycles. The Morgan fingerprint density at radius 2 is 2.13 bits per heavy atom. The SMILES string of the molecule is CCCc1cc(=O)oc2cc(C)cc(OC(C)C(=O)N3CC[C@@]4(O)CCCC[C@H]4C3)c12. The smallest absolute Gasteiger partial charge is 0.336 e. The molecule has 6 heteroatoms. The lowest BCUT2D eigenvalue weighted by Gasteiger charge is -2.47. The van der Waals surface area contributed by atoms with Crippen molar-refractivity contribution in [1.82, 2.24) is 4.90 Å². The zero-order valence-corrected chi connectivity index (χ0v) is 18.8. The molecule has 0 bridgehead atoms. The summed E-state index contributed by atoms with van der Waals surface area (Å²) in [5.74, 6) is 0.669. The number of rotatable bonds is 5. The number of amides is 1. The highest BCUT2D eigenvalue weighted by atomic mass is 16.5. The van der Waals surface area contributed by atoms with Gasteiger partial charge in [-0.15, -0.1) is 0 Å². The van der Waals surface area contributed by atoms with Crippen LogP contribution >= 0.6 is 0 Å². The predicted molar refractivity (Wildman–Crippen MR) is 119 cm³/mol. The molecule has 1 amide bonds. The minimum absolute atomic E-state index is 0.0586. The molecule has 2 heterocycles. The Kier molecular flexibility index (Phi) is 6.11. The van der Waals surface area contributed by atoms with Gasteiger partial charge in [-0.3, -0.25) is 4.79 Å². The van der Waals surface area contributed by atoms with Crippen LogP contribution in [0.25, 0.3) is 11.0 Å². The van der Waals surface area contributed by atoms with Crippen LogP contribution in [0.5, 0.6) is 5.75 Å². The molecule has 1 saturated carbocycles. The van der Waals surface area contributed by atoms with Crippen molar-refractivity contribution in [3.63, 3.8) is 0 Å². The van der Waals surface area contributed by atoms with E-state index in [4.69, 9.17) is 9.15 Å².